The Kier molecular flexibility index (Phi) is 3.00. The van der Waals surface area contributed by atoms with Crippen LogP contribution >= 0.6 is 0 Å². The number of carboxylic acids is 1. The molecule has 0 fully saturated rings. The standard InChI is InChI=1S/C9H7F3N4O3/c1-4-5(13-3-19-4)2-16-7(9(10,11)12)6(8(17)18)14-15-16/h3H,2H2,1H3,(H,17,18). The number of rotatable bonds is 3. The minimum absolute atomic E-state index is 0.215. The molecule has 1 N–H and O–H groups in total. The van der Waals surface area contributed by atoms with Gasteiger partial charge in [-0.3, -0.25) is 0 Å². The molecule has 2 aromatic rings. The first-order valence-corrected chi connectivity index (χ1v) is 4.93. The van der Waals surface area contributed by atoms with Crippen LogP contribution in [0, 0.1) is 6.92 Å². The summed E-state index contributed by atoms with van der Waals surface area (Å²) in [6, 6.07) is 0. The van der Waals surface area contributed by atoms with E-state index in [0.717, 1.165) is 6.39 Å². The Balaban J connectivity index is 2.47. The predicted molar refractivity (Wildman–Crippen MR) is 52.3 cm³/mol. The molecule has 0 radical (unpaired) electrons. The van der Waals surface area contributed by atoms with E-state index in [9.17, 15) is 18.0 Å². The Labute approximate surface area is 103 Å². The summed E-state index contributed by atoms with van der Waals surface area (Å²) in [6.07, 6.45) is -3.80. The van der Waals surface area contributed by atoms with Crippen molar-refractivity contribution in [2.45, 2.75) is 19.6 Å². The van der Waals surface area contributed by atoms with Crippen LogP contribution in [0.3, 0.4) is 0 Å². The van der Waals surface area contributed by atoms with Crippen LogP contribution in [-0.4, -0.2) is 31.1 Å². The van der Waals surface area contributed by atoms with E-state index < -0.39 is 23.5 Å². The van der Waals surface area contributed by atoms with Crippen LogP contribution in [0.4, 0.5) is 13.2 Å². The number of carbonyl (C=O) groups is 1. The minimum Gasteiger partial charge on any atom is -0.476 e. The molecule has 0 bridgehead atoms. The second-order valence-corrected chi connectivity index (χ2v) is 3.60. The number of aryl methyl sites for hydroxylation is 1. The lowest BCUT2D eigenvalue weighted by atomic mass is 10.3. The molecular formula is C9H7F3N4O3. The second-order valence-electron chi connectivity index (χ2n) is 3.60. The van der Waals surface area contributed by atoms with Crippen molar-refractivity contribution in [3.05, 3.63) is 29.2 Å². The average molecular weight is 276 g/mol. The maximum Gasteiger partial charge on any atom is 0.435 e. The number of hydrogen-bond acceptors (Lipinski definition) is 5. The highest BCUT2D eigenvalue weighted by Gasteiger charge is 2.41. The molecule has 10 heteroatoms. The highest BCUT2D eigenvalue weighted by molar-refractivity contribution is 5.86. The maximum absolute atomic E-state index is 12.8. The summed E-state index contributed by atoms with van der Waals surface area (Å²) in [5, 5.41) is 14.9. The van der Waals surface area contributed by atoms with E-state index in [-0.39, 0.29) is 12.2 Å². The van der Waals surface area contributed by atoms with Gasteiger partial charge in [0.15, 0.2) is 12.1 Å². The molecule has 0 atom stereocenters. The molecule has 102 valence electrons. The Hall–Kier alpha value is -2.39. The molecule has 2 aromatic heterocycles. The van der Waals surface area contributed by atoms with E-state index in [0.29, 0.717) is 10.4 Å². The Morgan fingerprint density at radius 1 is 1.53 bits per heavy atom. The molecular weight excluding hydrogens is 269 g/mol. The van der Waals surface area contributed by atoms with E-state index in [4.69, 9.17) is 9.52 Å². The van der Waals surface area contributed by atoms with Crippen molar-refractivity contribution in [1.29, 1.82) is 0 Å². The van der Waals surface area contributed by atoms with Gasteiger partial charge in [0.2, 0.25) is 5.69 Å². The van der Waals surface area contributed by atoms with E-state index in [1.54, 1.807) is 0 Å². The SMILES string of the molecule is Cc1ocnc1Cn1nnc(C(=O)O)c1C(F)(F)F. The molecule has 0 amide bonds. The van der Waals surface area contributed by atoms with Crippen molar-refractivity contribution in [2.24, 2.45) is 0 Å². The summed E-state index contributed by atoms with van der Waals surface area (Å²) < 4.78 is 43.8. The number of hydrogen-bond donors (Lipinski definition) is 1. The molecule has 0 aliphatic rings. The zero-order valence-corrected chi connectivity index (χ0v) is 9.47. The lowest BCUT2D eigenvalue weighted by molar-refractivity contribution is -0.144. The van der Waals surface area contributed by atoms with Crippen molar-refractivity contribution in [2.75, 3.05) is 0 Å². The van der Waals surface area contributed by atoms with Crippen LogP contribution in [0.25, 0.3) is 0 Å². The number of halogens is 3. The summed E-state index contributed by atoms with van der Waals surface area (Å²) >= 11 is 0. The van der Waals surface area contributed by atoms with Gasteiger partial charge in [-0.05, 0) is 6.92 Å². The topological polar surface area (TPSA) is 94.0 Å². The fourth-order valence-corrected chi connectivity index (χ4v) is 1.47. The monoisotopic (exact) mass is 276 g/mol. The third-order valence-electron chi connectivity index (χ3n) is 2.35. The third kappa shape index (κ3) is 2.41. The predicted octanol–water partition coefficient (Wildman–Crippen LogP) is 1.34. The lowest BCUT2D eigenvalue weighted by Crippen LogP contribution is -2.19. The normalized spacial score (nSPS) is 11.8. The van der Waals surface area contributed by atoms with Gasteiger partial charge < -0.3 is 9.52 Å². The maximum atomic E-state index is 12.8. The molecule has 0 aliphatic carbocycles. The van der Waals surface area contributed by atoms with Gasteiger partial charge in [-0.1, -0.05) is 5.21 Å². The van der Waals surface area contributed by atoms with Crippen LogP contribution in [0.15, 0.2) is 10.8 Å². The first kappa shape index (κ1) is 13.1. The van der Waals surface area contributed by atoms with E-state index in [2.05, 4.69) is 15.3 Å². The van der Waals surface area contributed by atoms with E-state index in [1.807, 2.05) is 0 Å². The number of aromatic carboxylic acids is 1. The highest BCUT2D eigenvalue weighted by Crippen LogP contribution is 2.31. The van der Waals surface area contributed by atoms with E-state index in [1.165, 1.54) is 6.92 Å². The molecule has 0 unspecified atom stereocenters. The Morgan fingerprint density at radius 3 is 2.68 bits per heavy atom. The Bertz CT molecular complexity index is 616. The van der Waals surface area contributed by atoms with Gasteiger partial charge in [0, 0.05) is 0 Å². The van der Waals surface area contributed by atoms with Crippen LogP contribution in [0.5, 0.6) is 0 Å². The smallest absolute Gasteiger partial charge is 0.435 e. The molecule has 2 heterocycles. The van der Waals surface area contributed by atoms with Crippen LogP contribution in [0.1, 0.15) is 27.6 Å². The van der Waals surface area contributed by atoms with Crippen LogP contribution < -0.4 is 0 Å². The first-order valence-electron chi connectivity index (χ1n) is 4.93. The van der Waals surface area contributed by atoms with Crippen molar-refractivity contribution in [1.82, 2.24) is 20.0 Å². The van der Waals surface area contributed by atoms with Crippen LogP contribution in [-0.2, 0) is 12.7 Å². The molecule has 7 nitrogen and oxygen atoms in total. The lowest BCUT2D eigenvalue weighted by Gasteiger charge is -2.09. The van der Waals surface area contributed by atoms with Gasteiger partial charge in [0.05, 0.1) is 6.54 Å². The summed E-state index contributed by atoms with van der Waals surface area (Å²) in [7, 11) is 0. The summed E-state index contributed by atoms with van der Waals surface area (Å²) in [6.45, 7) is 1.14. The first-order chi connectivity index (χ1) is 8.80. The third-order valence-corrected chi connectivity index (χ3v) is 2.35. The number of carboxylic acid groups (broad SMARTS) is 1. The van der Waals surface area contributed by atoms with Gasteiger partial charge in [0.1, 0.15) is 11.5 Å². The summed E-state index contributed by atoms with van der Waals surface area (Å²) in [4.78, 5) is 14.4. The van der Waals surface area contributed by atoms with Crippen molar-refractivity contribution in [3.8, 4) is 0 Å². The van der Waals surface area contributed by atoms with Gasteiger partial charge in [-0.2, -0.15) is 13.2 Å². The summed E-state index contributed by atoms with van der Waals surface area (Å²) in [5.41, 5.74) is -2.36. The minimum atomic E-state index is -4.88. The molecule has 0 spiro atoms. The van der Waals surface area contributed by atoms with Gasteiger partial charge in [-0.25, -0.2) is 14.5 Å². The van der Waals surface area contributed by atoms with Crippen molar-refractivity contribution < 1.29 is 27.5 Å². The molecule has 2 rings (SSSR count). The number of aromatic nitrogens is 4. The molecule has 0 saturated carbocycles. The second kappa shape index (κ2) is 4.37. The zero-order valence-electron chi connectivity index (χ0n) is 9.47. The number of alkyl halides is 3. The van der Waals surface area contributed by atoms with Gasteiger partial charge >= 0.3 is 12.1 Å². The fraction of sp³-hybridized carbons (Fsp3) is 0.333. The Morgan fingerprint density at radius 2 is 2.21 bits per heavy atom. The largest absolute Gasteiger partial charge is 0.476 e. The molecule has 0 aromatic carbocycles. The summed E-state index contributed by atoms with van der Waals surface area (Å²) in [5.74, 6) is -1.48. The number of nitrogens with zero attached hydrogens (tertiary/aromatic N) is 4. The average Bonchev–Trinajstić information content (AvgIpc) is 2.85. The quantitative estimate of drug-likeness (QED) is 0.909. The molecule has 0 aliphatic heterocycles. The number of oxazole rings is 1. The van der Waals surface area contributed by atoms with E-state index >= 15 is 0 Å². The van der Waals surface area contributed by atoms with Gasteiger partial charge in [0.25, 0.3) is 0 Å². The van der Waals surface area contributed by atoms with Crippen molar-refractivity contribution >= 4 is 5.97 Å². The molecule has 0 saturated heterocycles. The zero-order chi connectivity index (χ0) is 14.2. The fourth-order valence-electron chi connectivity index (χ4n) is 1.47. The van der Waals surface area contributed by atoms with Crippen molar-refractivity contribution in [3.63, 3.8) is 0 Å². The van der Waals surface area contributed by atoms with Crippen LogP contribution in [0.2, 0.25) is 0 Å². The molecule has 19 heavy (non-hydrogen) atoms. The highest BCUT2D eigenvalue weighted by atomic mass is 19.4. The van der Waals surface area contributed by atoms with Gasteiger partial charge in [-0.15, -0.1) is 5.10 Å².